The van der Waals surface area contributed by atoms with Crippen LogP contribution in [-0.4, -0.2) is 61.8 Å². The van der Waals surface area contributed by atoms with Gasteiger partial charge in [-0.15, -0.1) is 35.3 Å². The predicted molar refractivity (Wildman–Crippen MR) is 130 cm³/mol. The predicted octanol–water partition coefficient (Wildman–Crippen LogP) is 3.69. The quantitative estimate of drug-likeness (QED) is 0.294. The summed E-state index contributed by atoms with van der Waals surface area (Å²) >= 11 is 1.71. The van der Waals surface area contributed by atoms with Crippen LogP contribution in [0.1, 0.15) is 57.2 Å². The van der Waals surface area contributed by atoms with Gasteiger partial charge in [-0.1, -0.05) is 40.5 Å². The maximum Gasteiger partial charge on any atom is 0.191 e. The number of nitrogens with one attached hydrogen (secondary N) is 2. The van der Waals surface area contributed by atoms with Crippen molar-refractivity contribution in [2.24, 2.45) is 10.9 Å². The summed E-state index contributed by atoms with van der Waals surface area (Å²) in [5.74, 6) is 2.00. The van der Waals surface area contributed by atoms with Gasteiger partial charge in [-0.2, -0.15) is 0 Å². The number of morpholine rings is 1. The number of guanidine groups is 1. The minimum Gasteiger partial charge on any atom is -0.379 e. The number of halogens is 1. The first-order valence-electron chi connectivity index (χ1n) is 10.3. The van der Waals surface area contributed by atoms with Gasteiger partial charge >= 0.3 is 0 Å². The van der Waals surface area contributed by atoms with Crippen molar-refractivity contribution in [3.05, 3.63) is 16.1 Å². The van der Waals surface area contributed by atoms with Crippen LogP contribution in [0.4, 0.5) is 0 Å². The molecule has 1 aliphatic rings. The van der Waals surface area contributed by atoms with E-state index >= 15 is 0 Å². The normalized spacial score (nSPS) is 16.9. The summed E-state index contributed by atoms with van der Waals surface area (Å²) in [5, 5.41) is 10.2. The Morgan fingerprint density at radius 2 is 1.93 bits per heavy atom. The Morgan fingerprint density at radius 3 is 2.46 bits per heavy atom. The zero-order valence-corrected chi connectivity index (χ0v) is 21.2. The first-order valence-corrected chi connectivity index (χ1v) is 11.2. The van der Waals surface area contributed by atoms with Crippen LogP contribution in [0.15, 0.2) is 10.4 Å². The number of ether oxygens (including phenoxy) is 1. The lowest BCUT2D eigenvalue weighted by molar-refractivity contribution is 0.00272. The number of aromatic nitrogens is 1. The van der Waals surface area contributed by atoms with E-state index in [1.54, 1.807) is 11.3 Å². The van der Waals surface area contributed by atoms with E-state index in [4.69, 9.17) is 9.72 Å². The SMILES string of the molecule is CCC(CC)C(CNC(=NC)NCc1nc(C(C)C)cs1)N1CCOCC1.I. The molecule has 162 valence electrons. The van der Waals surface area contributed by atoms with Crippen molar-refractivity contribution in [3.8, 4) is 0 Å². The molecule has 1 saturated heterocycles. The molecule has 0 aromatic carbocycles. The maximum absolute atomic E-state index is 5.55. The monoisotopic (exact) mass is 523 g/mol. The lowest BCUT2D eigenvalue weighted by atomic mass is 9.92. The van der Waals surface area contributed by atoms with Crippen molar-refractivity contribution in [1.82, 2.24) is 20.5 Å². The summed E-state index contributed by atoms with van der Waals surface area (Å²) in [6.07, 6.45) is 2.40. The van der Waals surface area contributed by atoms with Gasteiger partial charge in [-0.05, 0) is 11.8 Å². The van der Waals surface area contributed by atoms with E-state index in [1.165, 1.54) is 18.5 Å². The molecule has 2 N–H and O–H groups in total. The van der Waals surface area contributed by atoms with Crippen LogP contribution in [-0.2, 0) is 11.3 Å². The molecule has 1 aromatic heterocycles. The van der Waals surface area contributed by atoms with Crippen molar-refractivity contribution in [3.63, 3.8) is 0 Å². The van der Waals surface area contributed by atoms with Crippen LogP contribution in [0.25, 0.3) is 0 Å². The third-order valence-electron chi connectivity index (χ3n) is 5.38. The number of hydrogen-bond acceptors (Lipinski definition) is 5. The zero-order valence-electron chi connectivity index (χ0n) is 18.0. The van der Waals surface area contributed by atoms with Gasteiger partial charge in [0.25, 0.3) is 0 Å². The molecule has 0 bridgehead atoms. The average Bonchev–Trinajstić information content (AvgIpc) is 3.17. The summed E-state index contributed by atoms with van der Waals surface area (Å²) in [4.78, 5) is 11.7. The second kappa shape index (κ2) is 13.7. The van der Waals surface area contributed by atoms with Gasteiger partial charge in [0.15, 0.2) is 5.96 Å². The Kier molecular flexibility index (Phi) is 12.5. The van der Waals surface area contributed by atoms with Gasteiger partial charge in [0, 0.05) is 38.1 Å². The largest absolute Gasteiger partial charge is 0.379 e. The second-order valence-electron chi connectivity index (χ2n) is 7.42. The lowest BCUT2D eigenvalue weighted by Crippen LogP contribution is -2.53. The highest BCUT2D eigenvalue weighted by Crippen LogP contribution is 2.20. The Labute approximate surface area is 192 Å². The molecule has 1 aliphatic heterocycles. The van der Waals surface area contributed by atoms with Gasteiger partial charge in [0.05, 0.1) is 25.5 Å². The van der Waals surface area contributed by atoms with Crippen LogP contribution < -0.4 is 10.6 Å². The molecule has 2 heterocycles. The number of rotatable bonds is 9. The lowest BCUT2D eigenvalue weighted by Gasteiger charge is -2.39. The van der Waals surface area contributed by atoms with Crippen molar-refractivity contribution >= 4 is 41.3 Å². The topological polar surface area (TPSA) is 61.8 Å². The minimum absolute atomic E-state index is 0. The van der Waals surface area contributed by atoms with Gasteiger partial charge in [-0.25, -0.2) is 4.98 Å². The van der Waals surface area contributed by atoms with E-state index in [0.717, 1.165) is 43.8 Å². The first-order chi connectivity index (χ1) is 13.1. The fraction of sp³-hybridized carbons (Fsp3) is 0.800. The molecule has 2 rings (SSSR count). The molecule has 0 spiro atoms. The van der Waals surface area contributed by atoms with Crippen LogP contribution in [0.3, 0.4) is 0 Å². The number of thiazole rings is 1. The molecular formula is C20H38IN5OS. The highest BCUT2D eigenvalue weighted by atomic mass is 127. The highest BCUT2D eigenvalue weighted by molar-refractivity contribution is 14.0. The molecule has 6 nitrogen and oxygen atoms in total. The Hall–Kier alpha value is -0.450. The average molecular weight is 524 g/mol. The Bertz CT molecular complexity index is 571. The van der Waals surface area contributed by atoms with Crippen molar-refractivity contribution in [2.45, 2.75) is 59.0 Å². The zero-order chi connectivity index (χ0) is 19.6. The summed E-state index contributed by atoms with van der Waals surface area (Å²) in [5.41, 5.74) is 1.17. The summed E-state index contributed by atoms with van der Waals surface area (Å²) in [7, 11) is 1.83. The van der Waals surface area contributed by atoms with E-state index < -0.39 is 0 Å². The Balaban J connectivity index is 0.00000392. The fourth-order valence-electron chi connectivity index (χ4n) is 3.59. The number of nitrogens with zero attached hydrogens (tertiary/aromatic N) is 3. The number of hydrogen-bond donors (Lipinski definition) is 2. The molecule has 8 heteroatoms. The number of aliphatic imine (C=N–C) groups is 1. The standard InChI is InChI=1S/C20H37N5OS.HI/c1-6-16(7-2)18(25-8-10-26-11-9-25)12-22-20(21-5)23-13-19-24-17(14-27-19)15(3)4;/h14-16,18H,6-13H2,1-5H3,(H2,21,22,23);1H. The molecule has 0 amide bonds. The van der Waals surface area contributed by atoms with E-state index in [1.807, 2.05) is 7.05 Å². The molecule has 1 fully saturated rings. The van der Waals surface area contributed by atoms with E-state index in [-0.39, 0.29) is 24.0 Å². The van der Waals surface area contributed by atoms with Crippen LogP contribution in [0.2, 0.25) is 0 Å². The smallest absolute Gasteiger partial charge is 0.191 e. The van der Waals surface area contributed by atoms with E-state index in [9.17, 15) is 0 Å². The van der Waals surface area contributed by atoms with E-state index in [2.05, 4.69) is 53.6 Å². The fourth-order valence-corrected chi connectivity index (χ4v) is 4.48. The van der Waals surface area contributed by atoms with Crippen molar-refractivity contribution < 1.29 is 4.74 Å². The van der Waals surface area contributed by atoms with Crippen LogP contribution in [0.5, 0.6) is 0 Å². The third-order valence-corrected chi connectivity index (χ3v) is 6.24. The third kappa shape index (κ3) is 7.76. The molecule has 0 saturated carbocycles. The molecule has 0 aliphatic carbocycles. The molecule has 1 aromatic rings. The maximum atomic E-state index is 5.55. The molecule has 28 heavy (non-hydrogen) atoms. The van der Waals surface area contributed by atoms with Gasteiger partial charge in [-0.3, -0.25) is 9.89 Å². The Morgan fingerprint density at radius 1 is 1.25 bits per heavy atom. The molecule has 1 unspecified atom stereocenters. The van der Waals surface area contributed by atoms with Gasteiger partial charge in [0.2, 0.25) is 0 Å². The highest BCUT2D eigenvalue weighted by Gasteiger charge is 2.27. The summed E-state index contributed by atoms with van der Waals surface area (Å²) < 4.78 is 5.55. The first kappa shape index (κ1) is 25.6. The van der Waals surface area contributed by atoms with Crippen molar-refractivity contribution in [2.75, 3.05) is 39.9 Å². The molecular weight excluding hydrogens is 485 g/mol. The molecule has 1 atom stereocenters. The second-order valence-corrected chi connectivity index (χ2v) is 8.36. The van der Waals surface area contributed by atoms with Crippen molar-refractivity contribution in [1.29, 1.82) is 0 Å². The van der Waals surface area contributed by atoms with Gasteiger partial charge < -0.3 is 15.4 Å². The van der Waals surface area contributed by atoms with E-state index in [0.29, 0.717) is 24.4 Å². The minimum atomic E-state index is 0. The molecule has 0 radical (unpaired) electrons. The summed E-state index contributed by atoms with van der Waals surface area (Å²) in [6.45, 7) is 14.3. The van der Waals surface area contributed by atoms with Crippen LogP contribution in [0, 0.1) is 5.92 Å². The summed E-state index contributed by atoms with van der Waals surface area (Å²) in [6, 6.07) is 0.509. The van der Waals surface area contributed by atoms with Gasteiger partial charge in [0.1, 0.15) is 5.01 Å². The van der Waals surface area contributed by atoms with Crippen LogP contribution >= 0.6 is 35.3 Å².